The fourth-order valence-corrected chi connectivity index (χ4v) is 3.42. The highest BCUT2D eigenvalue weighted by Gasteiger charge is 2.25. The molecule has 142 valence electrons. The molecule has 3 rings (SSSR count). The van der Waals surface area contributed by atoms with E-state index in [1.54, 1.807) is 24.3 Å². The molecule has 2 amide bonds. The zero-order valence-corrected chi connectivity index (χ0v) is 15.1. The Bertz CT molecular complexity index is 825. The van der Waals surface area contributed by atoms with Gasteiger partial charge in [-0.3, -0.25) is 9.59 Å². The van der Waals surface area contributed by atoms with Crippen molar-refractivity contribution in [1.82, 2.24) is 5.32 Å². The van der Waals surface area contributed by atoms with Gasteiger partial charge in [-0.15, -0.1) is 0 Å². The van der Waals surface area contributed by atoms with Crippen molar-refractivity contribution < 1.29 is 14.0 Å². The molecule has 0 saturated heterocycles. The summed E-state index contributed by atoms with van der Waals surface area (Å²) < 4.78 is 13.2. The van der Waals surface area contributed by atoms with Crippen LogP contribution in [0.4, 0.5) is 10.1 Å². The number of halogens is 1. The molecule has 1 saturated carbocycles. The van der Waals surface area contributed by atoms with Gasteiger partial charge in [0.25, 0.3) is 5.91 Å². The number of carbonyl (C=O) groups is 2. The van der Waals surface area contributed by atoms with E-state index in [0.29, 0.717) is 18.7 Å². The Morgan fingerprint density at radius 2 is 1.93 bits per heavy atom. The third-order valence-corrected chi connectivity index (χ3v) is 4.93. The molecule has 2 aromatic carbocycles. The highest BCUT2D eigenvalue weighted by molar-refractivity contribution is 6.04. The lowest BCUT2D eigenvalue weighted by Gasteiger charge is -2.15. The Balaban J connectivity index is 1.54. The maximum atomic E-state index is 13.2. The Kier molecular flexibility index (Phi) is 6.19. The minimum atomic E-state index is -0.457. The smallest absolute Gasteiger partial charge is 0.255 e. The molecule has 1 aliphatic rings. The molecule has 0 aromatic heterocycles. The van der Waals surface area contributed by atoms with Crippen LogP contribution in [0.5, 0.6) is 0 Å². The van der Waals surface area contributed by atoms with Crippen LogP contribution in [0, 0.1) is 11.7 Å². The average Bonchev–Trinajstić information content (AvgIpc) is 3.05. The molecule has 0 heterocycles. The molecule has 6 heteroatoms. The van der Waals surface area contributed by atoms with Gasteiger partial charge in [-0.2, -0.15) is 0 Å². The second kappa shape index (κ2) is 8.77. The van der Waals surface area contributed by atoms with Crippen LogP contribution >= 0.6 is 0 Å². The van der Waals surface area contributed by atoms with Gasteiger partial charge in [-0.1, -0.05) is 24.6 Å². The highest BCUT2D eigenvalue weighted by Crippen LogP contribution is 2.26. The summed E-state index contributed by atoms with van der Waals surface area (Å²) in [6, 6.07) is 12.9. The topological polar surface area (TPSA) is 84.2 Å². The molecule has 0 aliphatic heterocycles. The van der Waals surface area contributed by atoms with Crippen molar-refractivity contribution in [3.8, 4) is 0 Å². The summed E-state index contributed by atoms with van der Waals surface area (Å²) in [6.07, 6.45) is 3.55. The number of nitrogens with two attached hydrogens (primary N) is 1. The van der Waals surface area contributed by atoms with Crippen molar-refractivity contribution in [2.75, 3.05) is 5.32 Å². The number of nitrogens with one attached hydrogen (secondary N) is 2. The largest absolute Gasteiger partial charge is 0.352 e. The quantitative estimate of drug-likeness (QED) is 0.731. The molecule has 2 aromatic rings. The molecule has 0 unspecified atom stereocenters. The first kappa shape index (κ1) is 19.0. The summed E-state index contributed by atoms with van der Waals surface area (Å²) in [5.74, 6) is -0.583. The van der Waals surface area contributed by atoms with Gasteiger partial charge < -0.3 is 16.4 Å². The summed E-state index contributed by atoms with van der Waals surface area (Å²) in [6.45, 7) is 0.379. The monoisotopic (exact) mass is 369 g/mol. The standard InChI is InChI=1S/C21H24FN3O2/c22-17-7-2-6-16(11-17)21(27)25-18-8-1-4-14(10-18)13-24-20(26)12-15-5-3-9-19(15)23/h1-2,4,6-8,10-11,15,19H,3,5,9,12-13,23H2,(H,24,26)(H,25,27)/t15-,19+/m0/s1. The Labute approximate surface area is 158 Å². The SMILES string of the molecule is N[C@@H]1CCC[C@H]1CC(=O)NCc1cccc(NC(=O)c2cccc(F)c2)c1. The number of hydrogen-bond donors (Lipinski definition) is 3. The second-order valence-electron chi connectivity index (χ2n) is 7.00. The number of hydrogen-bond acceptors (Lipinski definition) is 3. The summed E-state index contributed by atoms with van der Waals surface area (Å²) in [5.41, 5.74) is 7.73. The van der Waals surface area contributed by atoms with Crippen LogP contribution in [0.2, 0.25) is 0 Å². The fourth-order valence-electron chi connectivity index (χ4n) is 3.42. The van der Waals surface area contributed by atoms with Gasteiger partial charge in [0, 0.05) is 30.3 Å². The van der Waals surface area contributed by atoms with Gasteiger partial charge in [0.1, 0.15) is 5.82 Å². The molecule has 0 radical (unpaired) electrons. The maximum absolute atomic E-state index is 13.2. The lowest BCUT2D eigenvalue weighted by atomic mass is 10.00. The Morgan fingerprint density at radius 1 is 1.11 bits per heavy atom. The maximum Gasteiger partial charge on any atom is 0.255 e. The van der Waals surface area contributed by atoms with Crippen molar-refractivity contribution >= 4 is 17.5 Å². The summed E-state index contributed by atoms with van der Waals surface area (Å²) >= 11 is 0. The first-order chi connectivity index (χ1) is 13.0. The molecular formula is C21H24FN3O2. The van der Waals surface area contributed by atoms with Crippen LogP contribution in [0.15, 0.2) is 48.5 Å². The second-order valence-corrected chi connectivity index (χ2v) is 7.00. The van der Waals surface area contributed by atoms with Gasteiger partial charge in [0.2, 0.25) is 5.91 Å². The van der Waals surface area contributed by atoms with Crippen LogP contribution in [-0.4, -0.2) is 17.9 Å². The van der Waals surface area contributed by atoms with E-state index in [0.717, 1.165) is 24.8 Å². The molecule has 5 nitrogen and oxygen atoms in total. The predicted molar refractivity (Wildman–Crippen MR) is 103 cm³/mol. The van der Waals surface area contributed by atoms with E-state index in [-0.39, 0.29) is 29.3 Å². The Morgan fingerprint density at radius 3 is 2.67 bits per heavy atom. The molecule has 2 atom stereocenters. The van der Waals surface area contributed by atoms with Gasteiger partial charge in [0.15, 0.2) is 0 Å². The van der Waals surface area contributed by atoms with E-state index in [1.165, 1.54) is 18.2 Å². The third kappa shape index (κ3) is 5.37. The lowest BCUT2D eigenvalue weighted by molar-refractivity contribution is -0.122. The summed E-state index contributed by atoms with van der Waals surface area (Å²) in [5, 5.41) is 5.65. The van der Waals surface area contributed by atoms with Crippen LogP contribution in [0.1, 0.15) is 41.6 Å². The number of carbonyl (C=O) groups excluding carboxylic acids is 2. The number of amides is 2. The van der Waals surface area contributed by atoms with E-state index in [9.17, 15) is 14.0 Å². The van der Waals surface area contributed by atoms with Gasteiger partial charge >= 0.3 is 0 Å². The summed E-state index contributed by atoms with van der Waals surface area (Å²) in [7, 11) is 0. The number of anilines is 1. The number of rotatable bonds is 6. The summed E-state index contributed by atoms with van der Waals surface area (Å²) in [4.78, 5) is 24.3. The molecule has 1 fully saturated rings. The van der Waals surface area contributed by atoms with E-state index in [1.807, 2.05) is 6.07 Å². The zero-order chi connectivity index (χ0) is 19.2. The minimum absolute atomic E-state index is 0.00782. The van der Waals surface area contributed by atoms with Crippen LogP contribution in [0.3, 0.4) is 0 Å². The minimum Gasteiger partial charge on any atom is -0.352 e. The predicted octanol–water partition coefficient (Wildman–Crippen LogP) is 3.21. The van der Waals surface area contributed by atoms with Crippen LogP contribution in [-0.2, 0) is 11.3 Å². The van der Waals surface area contributed by atoms with Crippen molar-refractivity contribution in [1.29, 1.82) is 0 Å². The first-order valence-electron chi connectivity index (χ1n) is 9.19. The molecular weight excluding hydrogens is 345 g/mol. The zero-order valence-electron chi connectivity index (χ0n) is 15.1. The van der Waals surface area contributed by atoms with E-state index >= 15 is 0 Å². The van der Waals surface area contributed by atoms with Crippen molar-refractivity contribution in [2.24, 2.45) is 11.7 Å². The van der Waals surface area contributed by atoms with Crippen molar-refractivity contribution in [2.45, 2.75) is 38.3 Å². The molecule has 1 aliphatic carbocycles. The molecule has 27 heavy (non-hydrogen) atoms. The van der Waals surface area contributed by atoms with E-state index in [2.05, 4.69) is 10.6 Å². The van der Waals surface area contributed by atoms with Crippen LogP contribution in [0.25, 0.3) is 0 Å². The molecule has 4 N–H and O–H groups in total. The van der Waals surface area contributed by atoms with Gasteiger partial charge in [-0.25, -0.2) is 4.39 Å². The first-order valence-corrected chi connectivity index (χ1v) is 9.19. The number of benzene rings is 2. The fraction of sp³-hybridized carbons (Fsp3) is 0.333. The van der Waals surface area contributed by atoms with E-state index < -0.39 is 5.82 Å². The molecule has 0 spiro atoms. The Hall–Kier alpha value is -2.73. The van der Waals surface area contributed by atoms with Crippen LogP contribution < -0.4 is 16.4 Å². The molecule has 0 bridgehead atoms. The normalized spacial score (nSPS) is 18.9. The average molecular weight is 369 g/mol. The lowest BCUT2D eigenvalue weighted by Crippen LogP contribution is -2.31. The third-order valence-electron chi connectivity index (χ3n) is 4.93. The van der Waals surface area contributed by atoms with Gasteiger partial charge in [-0.05, 0) is 54.7 Å². The van der Waals surface area contributed by atoms with E-state index in [4.69, 9.17) is 5.73 Å². The van der Waals surface area contributed by atoms with Crippen molar-refractivity contribution in [3.05, 3.63) is 65.5 Å². The highest BCUT2D eigenvalue weighted by atomic mass is 19.1. The van der Waals surface area contributed by atoms with Gasteiger partial charge in [0.05, 0.1) is 0 Å². The van der Waals surface area contributed by atoms with Crippen molar-refractivity contribution in [3.63, 3.8) is 0 Å².